The number of nitrogens with zero attached hydrogens (tertiary/aromatic N) is 1. The lowest BCUT2D eigenvalue weighted by molar-refractivity contribution is -0.122. The van der Waals surface area contributed by atoms with Crippen LogP contribution in [-0.4, -0.2) is 22.2 Å². The Morgan fingerprint density at radius 1 is 1.47 bits per heavy atom. The summed E-state index contributed by atoms with van der Waals surface area (Å²) in [4.78, 5) is 11.9. The number of hydrogen-bond donors (Lipinski definition) is 2. The van der Waals surface area contributed by atoms with E-state index in [1.807, 2.05) is 6.92 Å². The van der Waals surface area contributed by atoms with Gasteiger partial charge in [0.15, 0.2) is 6.10 Å². The van der Waals surface area contributed by atoms with E-state index in [9.17, 15) is 4.79 Å². The van der Waals surface area contributed by atoms with Crippen LogP contribution in [0, 0.1) is 6.92 Å². The van der Waals surface area contributed by atoms with Gasteiger partial charge in [-0.05, 0) is 37.6 Å². The van der Waals surface area contributed by atoms with Gasteiger partial charge in [0.25, 0.3) is 5.91 Å². The van der Waals surface area contributed by atoms with Crippen LogP contribution >= 0.6 is 11.6 Å². The summed E-state index contributed by atoms with van der Waals surface area (Å²) in [5.41, 5.74) is 0.883. The molecule has 0 bridgehead atoms. The maximum Gasteiger partial charge on any atom is 0.266 e. The Morgan fingerprint density at radius 3 is 2.89 bits per heavy atom. The minimum atomic E-state index is -0.622. The molecule has 2 aromatic rings. The number of amides is 1. The van der Waals surface area contributed by atoms with Crippen LogP contribution in [0.15, 0.2) is 30.5 Å². The number of aryl methyl sites for hydroxylation is 1. The third kappa shape index (κ3) is 3.48. The average Bonchev–Trinajstić information content (AvgIpc) is 2.85. The van der Waals surface area contributed by atoms with Gasteiger partial charge in [0.2, 0.25) is 0 Å². The lowest BCUT2D eigenvalue weighted by atomic mass is 10.2. The molecule has 0 aliphatic carbocycles. The number of carbonyl (C=O) groups is 1. The second-order valence-electron chi connectivity index (χ2n) is 4.13. The SMILES string of the molecule is Cc1cc(Cl)ccc1OC(C)C(=O)Nc1ccn[nH]1. The fourth-order valence-electron chi connectivity index (χ4n) is 1.55. The van der Waals surface area contributed by atoms with Gasteiger partial charge in [-0.15, -0.1) is 0 Å². The van der Waals surface area contributed by atoms with Gasteiger partial charge in [-0.2, -0.15) is 5.10 Å². The quantitative estimate of drug-likeness (QED) is 0.904. The van der Waals surface area contributed by atoms with E-state index in [-0.39, 0.29) is 5.91 Å². The van der Waals surface area contributed by atoms with E-state index in [4.69, 9.17) is 16.3 Å². The molecule has 1 heterocycles. The summed E-state index contributed by atoms with van der Waals surface area (Å²) in [6.07, 6.45) is 0.938. The number of hydrogen-bond acceptors (Lipinski definition) is 3. The Morgan fingerprint density at radius 2 is 2.26 bits per heavy atom. The van der Waals surface area contributed by atoms with E-state index in [1.165, 1.54) is 0 Å². The lowest BCUT2D eigenvalue weighted by Crippen LogP contribution is -2.30. The molecular formula is C13H14ClN3O2. The van der Waals surface area contributed by atoms with Gasteiger partial charge in [0, 0.05) is 11.1 Å². The highest BCUT2D eigenvalue weighted by Gasteiger charge is 2.16. The summed E-state index contributed by atoms with van der Waals surface area (Å²) in [7, 11) is 0. The number of halogens is 1. The van der Waals surface area contributed by atoms with Crippen molar-refractivity contribution in [3.63, 3.8) is 0 Å². The third-order valence-corrected chi connectivity index (χ3v) is 2.80. The van der Waals surface area contributed by atoms with Crippen LogP contribution in [0.3, 0.4) is 0 Å². The number of ether oxygens (including phenoxy) is 1. The number of anilines is 1. The first-order valence-electron chi connectivity index (χ1n) is 5.79. The van der Waals surface area contributed by atoms with E-state index in [2.05, 4.69) is 15.5 Å². The summed E-state index contributed by atoms with van der Waals surface area (Å²) in [5, 5.41) is 9.70. The number of nitrogens with one attached hydrogen (secondary N) is 2. The van der Waals surface area contributed by atoms with Crippen molar-refractivity contribution in [2.24, 2.45) is 0 Å². The molecule has 100 valence electrons. The van der Waals surface area contributed by atoms with Crippen molar-refractivity contribution in [3.8, 4) is 5.75 Å². The Labute approximate surface area is 115 Å². The second kappa shape index (κ2) is 5.75. The Bertz CT molecular complexity index is 569. The van der Waals surface area contributed by atoms with Crippen molar-refractivity contribution in [1.82, 2.24) is 10.2 Å². The van der Waals surface area contributed by atoms with E-state index < -0.39 is 6.10 Å². The van der Waals surface area contributed by atoms with Crippen LogP contribution in [-0.2, 0) is 4.79 Å². The van der Waals surface area contributed by atoms with Gasteiger partial charge in [-0.3, -0.25) is 9.89 Å². The number of rotatable bonds is 4. The highest BCUT2D eigenvalue weighted by atomic mass is 35.5. The molecule has 0 saturated heterocycles. The molecule has 1 aromatic carbocycles. The molecule has 0 radical (unpaired) electrons. The zero-order valence-corrected chi connectivity index (χ0v) is 11.4. The monoisotopic (exact) mass is 279 g/mol. The number of benzene rings is 1. The lowest BCUT2D eigenvalue weighted by Gasteiger charge is -2.15. The van der Waals surface area contributed by atoms with Gasteiger partial charge >= 0.3 is 0 Å². The topological polar surface area (TPSA) is 67.0 Å². The van der Waals surface area contributed by atoms with Crippen molar-refractivity contribution in [1.29, 1.82) is 0 Å². The first-order chi connectivity index (χ1) is 9.06. The molecule has 0 spiro atoms. The molecule has 2 N–H and O–H groups in total. The standard InChI is InChI=1S/C13H14ClN3O2/c1-8-7-10(14)3-4-11(8)19-9(2)13(18)16-12-5-6-15-17-12/h3-7,9H,1-2H3,(H2,15,16,17,18). The average molecular weight is 280 g/mol. The van der Waals surface area contributed by atoms with Crippen LogP contribution in [0.25, 0.3) is 0 Å². The van der Waals surface area contributed by atoms with E-state index in [0.717, 1.165) is 5.56 Å². The first kappa shape index (κ1) is 13.4. The maximum absolute atomic E-state index is 11.9. The molecule has 1 aromatic heterocycles. The van der Waals surface area contributed by atoms with Crippen LogP contribution in [0.2, 0.25) is 5.02 Å². The van der Waals surface area contributed by atoms with E-state index >= 15 is 0 Å². The van der Waals surface area contributed by atoms with Crippen molar-refractivity contribution in [2.75, 3.05) is 5.32 Å². The van der Waals surface area contributed by atoms with Crippen LogP contribution in [0.4, 0.5) is 5.82 Å². The molecule has 1 unspecified atom stereocenters. The highest BCUT2D eigenvalue weighted by molar-refractivity contribution is 6.30. The summed E-state index contributed by atoms with van der Waals surface area (Å²) < 4.78 is 5.61. The predicted molar refractivity (Wildman–Crippen MR) is 73.5 cm³/mol. The van der Waals surface area contributed by atoms with Crippen LogP contribution in [0.5, 0.6) is 5.75 Å². The van der Waals surface area contributed by atoms with Gasteiger partial charge in [-0.25, -0.2) is 0 Å². The first-order valence-corrected chi connectivity index (χ1v) is 6.17. The molecule has 2 rings (SSSR count). The summed E-state index contributed by atoms with van der Waals surface area (Å²) in [6, 6.07) is 6.93. The zero-order chi connectivity index (χ0) is 13.8. The predicted octanol–water partition coefficient (Wildman–Crippen LogP) is 2.78. The van der Waals surface area contributed by atoms with Gasteiger partial charge in [-0.1, -0.05) is 11.6 Å². The Kier molecular flexibility index (Phi) is 4.06. The second-order valence-corrected chi connectivity index (χ2v) is 4.57. The normalized spacial score (nSPS) is 11.9. The molecule has 1 amide bonds. The maximum atomic E-state index is 11.9. The zero-order valence-electron chi connectivity index (χ0n) is 10.6. The number of H-pyrrole nitrogens is 1. The molecule has 0 saturated carbocycles. The number of aromatic amines is 1. The van der Waals surface area contributed by atoms with E-state index in [1.54, 1.807) is 37.4 Å². The van der Waals surface area contributed by atoms with Gasteiger partial charge < -0.3 is 10.1 Å². The van der Waals surface area contributed by atoms with Crippen LogP contribution in [0.1, 0.15) is 12.5 Å². The highest BCUT2D eigenvalue weighted by Crippen LogP contribution is 2.23. The van der Waals surface area contributed by atoms with Crippen molar-refractivity contribution < 1.29 is 9.53 Å². The van der Waals surface area contributed by atoms with Gasteiger partial charge in [0.1, 0.15) is 11.6 Å². The smallest absolute Gasteiger partial charge is 0.266 e. The summed E-state index contributed by atoms with van der Waals surface area (Å²) in [5.74, 6) is 0.920. The Hall–Kier alpha value is -2.01. The van der Waals surface area contributed by atoms with Crippen molar-refractivity contribution in [2.45, 2.75) is 20.0 Å². The number of aromatic nitrogens is 2. The minimum Gasteiger partial charge on any atom is -0.481 e. The number of carbonyl (C=O) groups excluding carboxylic acids is 1. The fourth-order valence-corrected chi connectivity index (χ4v) is 1.78. The fraction of sp³-hybridized carbons (Fsp3) is 0.231. The summed E-state index contributed by atoms with van der Waals surface area (Å²) in [6.45, 7) is 3.56. The van der Waals surface area contributed by atoms with Crippen molar-refractivity contribution in [3.05, 3.63) is 41.0 Å². The largest absolute Gasteiger partial charge is 0.481 e. The molecule has 1 atom stereocenters. The minimum absolute atomic E-state index is 0.251. The molecule has 0 aliphatic heterocycles. The Balaban J connectivity index is 2.00. The molecular weight excluding hydrogens is 266 g/mol. The molecule has 0 fully saturated rings. The summed E-state index contributed by atoms with van der Waals surface area (Å²) >= 11 is 5.86. The van der Waals surface area contributed by atoms with E-state index in [0.29, 0.717) is 16.6 Å². The third-order valence-electron chi connectivity index (χ3n) is 2.57. The molecule has 19 heavy (non-hydrogen) atoms. The van der Waals surface area contributed by atoms with Crippen molar-refractivity contribution >= 4 is 23.3 Å². The van der Waals surface area contributed by atoms with Crippen LogP contribution < -0.4 is 10.1 Å². The molecule has 5 nitrogen and oxygen atoms in total. The molecule has 6 heteroatoms. The van der Waals surface area contributed by atoms with Gasteiger partial charge in [0.05, 0.1) is 6.20 Å². The molecule has 0 aliphatic rings.